The Kier molecular flexibility index (Phi) is 4.79. The highest BCUT2D eigenvalue weighted by molar-refractivity contribution is 5.31. The van der Waals surface area contributed by atoms with E-state index in [2.05, 4.69) is 0 Å². The Morgan fingerprint density at radius 3 is 2.15 bits per heavy atom. The van der Waals surface area contributed by atoms with E-state index in [0.29, 0.717) is 11.5 Å². The van der Waals surface area contributed by atoms with Crippen molar-refractivity contribution in [3.05, 3.63) is 24.3 Å². The van der Waals surface area contributed by atoms with Crippen LogP contribution in [0.5, 0.6) is 11.5 Å². The summed E-state index contributed by atoms with van der Waals surface area (Å²) in [6.07, 6.45) is -6.44. The van der Waals surface area contributed by atoms with Gasteiger partial charge in [-0.15, -0.1) is 0 Å². The molecule has 1 saturated heterocycles. The van der Waals surface area contributed by atoms with Crippen LogP contribution in [0.3, 0.4) is 0 Å². The molecule has 0 amide bonds. The zero-order chi connectivity index (χ0) is 14.7. The number of rotatable bonds is 4. The van der Waals surface area contributed by atoms with Gasteiger partial charge in [0.1, 0.15) is 35.9 Å². The van der Waals surface area contributed by atoms with Crippen LogP contribution < -0.4 is 9.47 Å². The summed E-state index contributed by atoms with van der Waals surface area (Å²) in [4.78, 5) is 0. The van der Waals surface area contributed by atoms with E-state index in [1.165, 1.54) is 7.11 Å². The molecule has 1 aromatic carbocycles. The fourth-order valence-electron chi connectivity index (χ4n) is 1.95. The molecular formula is C13H18O7. The average Bonchev–Trinajstić information content (AvgIpc) is 2.48. The normalized spacial score (nSPS) is 33.8. The molecule has 0 unspecified atom stereocenters. The average molecular weight is 286 g/mol. The number of aliphatic hydroxyl groups excluding tert-OH is 4. The first kappa shape index (κ1) is 15.0. The van der Waals surface area contributed by atoms with E-state index in [-0.39, 0.29) is 0 Å². The molecule has 0 spiro atoms. The number of ether oxygens (including phenoxy) is 3. The van der Waals surface area contributed by atoms with Gasteiger partial charge in [0.25, 0.3) is 0 Å². The maximum Gasteiger partial charge on any atom is 0.229 e. The third-order valence-electron chi connectivity index (χ3n) is 3.16. The van der Waals surface area contributed by atoms with Gasteiger partial charge in [0, 0.05) is 0 Å². The van der Waals surface area contributed by atoms with Crippen molar-refractivity contribution in [1.82, 2.24) is 0 Å². The van der Waals surface area contributed by atoms with Crippen LogP contribution >= 0.6 is 0 Å². The Hall–Kier alpha value is -1.38. The Morgan fingerprint density at radius 2 is 1.60 bits per heavy atom. The van der Waals surface area contributed by atoms with Crippen molar-refractivity contribution in [2.24, 2.45) is 0 Å². The maximum absolute atomic E-state index is 9.82. The van der Waals surface area contributed by atoms with Gasteiger partial charge in [-0.3, -0.25) is 0 Å². The lowest BCUT2D eigenvalue weighted by atomic mass is 9.99. The molecule has 112 valence electrons. The molecule has 0 aromatic heterocycles. The fourth-order valence-corrected chi connectivity index (χ4v) is 1.95. The molecule has 20 heavy (non-hydrogen) atoms. The van der Waals surface area contributed by atoms with Gasteiger partial charge in [-0.05, 0) is 24.3 Å². The van der Waals surface area contributed by atoms with Crippen molar-refractivity contribution in [3.63, 3.8) is 0 Å². The third kappa shape index (κ3) is 3.02. The van der Waals surface area contributed by atoms with Crippen molar-refractivity contribution in [3.8, 4) is 11.5 Å². The second kappa shape index (κ2) is 6.38. The molecule has 7 nitrogen and oxygen atoms in total. The summed E-state index contributed by atoms with van der Waals surface area (Å²) < 4.78 is 15.6. The van der Waals surface area contributed by atoms with Crippen molar-refractivity contribution in [2.45, 2.75) is 30.7 Å². The topological polar surface area (TPSA) is 109 Å². The first-order valence-electron chi connectivity index (χ1n) is 6.18. The summed E-state index contributed by atoms with van der Waals surface area (Å²) in [5.74, 6) is 1.04. The van der Waals surface area contributed by atoms with Crippen molar-refractivity contribution in [2.75, 3.05) is 13.7 Å². The van der Waals surface area contributed by atoms with Crippen molar-refractivity contribution in [1.29, 1.82) is 0 Å². The highest BCUT2D eigenvalue weighted by atomic mass is 16.7. The molecular weight excluding hydrogens is 268 g/mol. The van der Waals surface area contributed by atoms with E-state index in [0.717, 1.165) is 0 Å². The molecule has 0 saturated carbocycles. The van der Waals surface area contributed by atoms with Crippen LogP contribution in [0.1, 0.15) is 0 Å². The molecule has 5 atom stereocenters. The van der Waals surface area contributed by atoms with Gasteiger partial charge in [0.15, 0.2) is 0 Å². The molecule has 7 heteroatoms. The van der Waals surface area contributed by atoms with E-state index >= 15 is 0 Å². The van der Waals surface area contributed by atoms with E-state index < -0.39 is 37.3 Å². The molecule has 1 aliphatic heterocycles. The molecule has 0 bridgehead atoms. The molecule has 0 radical (unpaired) electrons. The van der Waals surface area contributed by atoms with Gasteiger partial charge < -0.3 is 34.6 Å². The Morgan fingerprint density at radius 1 is 1.00 bits per heavy atom. The van der Waals surface area contributed by atoms with Crippen LogP contribution in [0, 0.1) is 0 Å². The van der Waals surface area contributed by atoms with Gasteiger partial charge in [-0.1, -0.05) is 0 Å². The van der Waals surface area contributed by atoms with Gasteiger partial charge >= 0.3 is 0 Å². The smallest absolute Gasteiger partial charge is 0.229 e. The van der Waals surface area contributed by atoms with Crippen LogP contribution in [0.2, 0.25) is 0 Å². The van der Waals surface area contributed by atoms with Crippen LogP contribution in [-0.2, 0) is 4.74 Å². The van der Waals surface area contributed by atoms with Crippen molar-refractivity contribution < 1.29 is 34.6 Å². The van der Waals surface area contributed by atoms with Gasteiger partial charge in [-0.25, -0.2) is 0 Å². The summed E-state index contributed by atoms with van der Waals surface area (Å²) in [5, 5.41) is 38.2. The first-order valence-corrected chi connectivity index (χ1v) is 6.18. The van der Waals surface area contributed by atoms with Gasteiger partial charge in [0.2, 0.25) is 6.29 Å². The molecule has 2 rings (SSSR count). The lowest BCUT2D eigenvalue weighted by Crippen LogP contribution is -2.60. The van der Waals surface area contributed by atoms with Gasteiger partial charge in [0.05, 0.1) is 13.7 Å². The van der Waals surface area contributed by atoms with Crippen LogP contribution in [-0.4, -0.2) is 64.8 Å². The predicted molar refractivity (Wildman–Crippen MR) is 67.4 cm³/mol. The third-order valence-corrected chi connectivity index (χ3v) is 3.16. The zero-order valence-corrected chi connectivity index (χ0v) is 10.9. The molecule has 1 fully saturated rings. The largest absolute Gasteiger partial charge is 0.497 e. The van der Waals surface area contributed by atoms with E-state index in [9.17, 15) is 15.3 Å². The number of aliphatic hydroxyl groups is 4. The predicted octanol–water partition coefficient (Wildman–Crippen LogP) is -1.13. The van der Waals surface area contributed by atoms with Crippen LogP contribution in [0.25, 0.3) is 0 Å². The monoisotopic (exact) mass is 286 g/mol. The first-order chi connectivity index (χ1) is 9.56. The van der Waals surface area contributed by atoms with E-state index in [1.807, 2.05) is 0 Å². The standard InChI is InChI=1S/C13H18O7/c1-18-7-2-4-8(5-3-7)19-13-12(17)11(16)10(15)9(6-14)20-13/h2-5,9-17H,6H2,1H3/t9-,10+,11-,12+,13-/m1/s1. The number of hydrogen-bond acceptors (Lipinski definition) is 7. The van der Waals surface area contributed by atoms with E-state index in [1.54, 1.807) is 24.3 Å². The highest BCUT2D eigenvalue weighted by Crippen LogP contribution is 2.25. The molecule has 4 N–H and O–H groups in total. The highest BCUT2D eigenvalue weighted by Gasteiger charge is 2.44. The number of hydrogen-bond donors (Lipinski definition) is 4. The lowest BCUT2D eigenvalue weighted by molar-refractivity contribution is -0.277. The van der Waals surface area contributed by atoms with Crippen LogP contribution in [0.15, 0.2) is 24.3 Å². The Bertz CT molecular complexity index is 419. The summed E-state index contributed by atoms with van der Waals surface area (Å²) in [6.45, 7) is -0.493. The molecule has 1 aliphatic rings. The number of methoxy groups -OCH3 is 1. The molecule has 0 aliphatic carbocycles. The minimum absolute atomic E-state index is 0.398. The summed E-state index contributed by atoms with van der Waals surface area (Å²) >= 11 is 0. The minimum Gasteiger partial charge on any atom is -0.497 e. The fraction of sp³-hybridized carbons (Fsp3) is 0.538. The second-order valence-corrected chi connectivity index (χ2v) is 4.49. The second-order valence-electron chi connectivity index (χ2n) is 4.49. The SMILES string of the molecule is COc1ccc(O[C@@H]2O[C@H](CO)[C@H](O)[C@@H](O)[C@@H]2O)cc1. The Labute approximate surface area is 115 Å². The van der Waals surface area contributed by atoms with E-state index in [4.69, 9.17) is 19.3 Å². The molecule has 1 heterocycles. The molecule has 1 aromatic rings. The summed E-state index contributed by atoms with van der Waals surface area (Å²) in [5.41, 5.74) is 0. The van der Waals surface area contributed by atoms with Gasteiger partial charge in [-0.2, -0.15) is 0 Å². The maximum atomic E-state index is 9.82. The summed E-state index contributed by atoms with van der Waals surface area (Å²) in [7, 11) is 1.54. The minimum atomic E-state index is -1.45. The Balaban J connectivity index is 2.06. The number of benzene rings is 1. The van der Waals surface area contributed by atoms with Crippen molar-refractivity contribution >= 4 is 0 Å². The zero-order valence-electron chi connectivity index (χ0n) is 10.9. The summed E-state index contributed by atoms with van der Waals surface area (Å²) in [6, 6.07) is 6.55. The quantitative estimate of drug-likeness (QED) is 0.555. The van der Waals surface area contributed by atoms with Crippen LogP contribution in [0.4, 0.5) is 0 Å². The lowest BCUT2D eigenvalue weighted by Gasteiger charge is -2.39.